The second-order valence-corrected chi connectivity index (χ2v) is 8.81. The van der Waals surface area contributed by atoms with Crippen molar-refractivity contribution in [1.82, 2.24) is 25.1 Å². The first-order chi connectivity index (χ1) is 14.1. The molecule has 2 N–H and O–H groups in total. The molecule has 1 aliphatic carbocycles. The van der Waals surface area contributed by atoms with E-state index in [1.165, 1.54) is 24.0 Å². The van der Waals surface area contributed by atoms with Gasteiger partial charge in [-0.1, -0.05) is 0 Å². The van der Waals surface area contributed by atoms with Crippen molar-refractivity contribution in [3.8, 4) is 5.82 Å². The molecule has 3 aromatic rings. The van der Waals surface area contributed by atoms with Gasteiger partial charge in [-0.05, 0) is 94.1 Å². The van der Waals surface area contributed by atoms with Crippen LogP contribution < -0.4 is 5.32 Å². The molecule has 6 heteroatoms. The number of benzene rings is 1. The number of aliphatic hydroxyl groups excluding tert-OH is 1. The molecule has 152 valence electrons. The number of hydrogen-bond acceptors (Lipinski definition) is 5. The topological polar surface area (TPSA) is 75.9 Å². The Balaban J connectivity index is 1.52. The van der Waals surface area contributed by atoms with E-state index in [1.54, 1.807) is 0 Å². The highest BCUT2D eigenvalue weighted by Crippen LogP contribution is 2.33. The number of piperidine rings is 1. The van der Waals surface area contributed by atoms with Crippen LogP contribution in [-0.4, -0.2) is 44.0 Å². The lowest BCUT2D eigenvalue weighted by atomic mass is 9.79. The number of aromatic nitrogens is 4. The van der Waals surface area contributed by atoms with E-state index in [4.69, 9.17) is 0 Å². The standard InChI is InChI=1S/C23H29N5O/c1-14-7-18-13-25-28(22(18)12-21(14)17-3-5-24-6-4-17)23-11-19(26-15(2)27-23)8-16-9-20(29)10-16/h7,11-13,16-17,20,24,29H,3-6,8-10H2,1-2H3. The van der Waals surface area contributed by atoms with Crippen LogP contribution in [0, 0.1) is 19.8 Å². The predicted molar refractivity (Wildman–Crippen MR) is 113 cm³/mol. The quantitative estimate of drug-likeness (QED) is 0.714. The molecule has 2 fully saturated rings. The van der Waals surface area contributed by atoms with E-state index in [1.807, 2.05) is 17.8 Å². The van der Waals surface area contributed by atoms with Gasteiger partial charge in [0.15, 0.2) is 5.82 Å². The number of fused-ring (bicyclic) bond motifs is 1. The number of nitrogens with zero attached hydrogens (tertiary/aromatic N) is 4. The molecular weight excluding hydrogens is 362 g/mol. The maximum atomic E-state index is 9.58. The maximum absolute atomic E-state index is 9.58. The highest BCUT2D eigenvalue weighted by molar-refractivity contribution is 5.82. The van der Waals surface area contributed by atoms with Crippen LogP contribution >= 0.6 is 0 Å². The second kappa shape index (κ2) is 7.50. The largest absolute Gasteiger partial charge is 0.393 e. The number of aliphatic hydroxyl groups is 1. The fourth-order valence-electron chi connectivity index (χ4n) is 4.95. The number of nitrogens with one attached hydrogen (secondary N) is 1. The molecule has 0 atom stereocenters. The normalized spacial score (nSPS) is 22.7. The molecule has 0 bridgehead atoms. The molecule has 29 heavy (non-hydrogen) atoms. The molecule has 0 amide bonds. The van der Waals surface area contributed by atoms with Crippen molar-refractivity contribution >= 4 is 10.9 Å². The van der Waals surface area contributed by atoms with E-state index >= 15 is 0 Å². The van der Waals surface area contributed by atoms with Crippen molar-refractivity contribution in [3.63, 3.8) is 0 Å². The number of hydrogen-bond donors (Lipinski definition) is 2. The highest BCUT2D eigenvalue weighted by Gasteiger charge is 2.28. The van der Waals surface area contributed by atoms with Gasteiger partial charge in [0, 0.05) is 17.1 Å². The van der Waals surface area contributed by atoms with Crippen LogP contribution in [0.2, 0.25) is 0 Å². The third-order valence-electron chi connectivity index (χ3n) is 6.54. The second-order valence-electron chi connectivity index (χ2n) is 8.81. The summed E-state index contributed by atoms with van der Waals surface area (Å²) < 4.78 is 1.97. The summed E-state index contributed by atoms with van der Waals surface area (Å²) in [7, 11) is 0. The Labute approximate surface area is 171 Å². The van der Waals surface area contributed by atoms with Crippen molar-refractivity contribution in [1.29, 1.82) is 0 Å². The van der Waals surface area contributed by atoms with Crippen molar-refractivity contribution in [2.45, 2.75) is 58.0 Å². The molecule has 1 saturated heterocycles. The summed E-state index contributed by atoms with van der Waals surface area (Å²) >= 11 is 0. The zero-order valence-corrected chi connectivity index (χ0v) is 17.2. The average Bonchev–Trinajstić information content (AvgIpc) is 3.09. The van der Waals surface area contributed by atoms with Gasteiger partial charge in [-0.15, -0.1) is 0 Å². The number of rotatable bonds is 4. The van der Waals surface area contributed by atoms with Gasteiger partial charge < -0.3 is 10.4 Å². The molecular formula is C23H29N5O. The summed E-state index contributed by atoms with van der Waals surface area (Å²) in [4.78, 5) is 9.32. The van der Waals surface area contributed by atoms with E-state index in [9.17, 15) is 5.11 Å². The van der Waals surface area contributed by atoms with Crippen LogP contribution in [0.1, 0.15) is 54.2 Å². The molecule has 3 heterocycles. The monoisotopic (exact) mass is 391 g/mol. The van der Waals surface area contributed by atoms with Gasteiger partial charge in [-0.25, -0.2) is 14.6 Å². The molecule has 2 aromatic heterocycles. The minimum atomic E-state index is -0.130. The van der Waals surface area contributed by atoms with Crippen LogP contribution in [-0.2, 0) is 6.42 Å². The molecule has 0 spiro atoms. The van der Waals surface area contributed by atoms with E-state index in [-0.39, 0.29) is 6.10 Å². The summed E-state index contributed by atoms with van der Waals surface area (Å²) in [5.41, 5.74) is 4.95. The smallest absolute Gasteiger partial charge is 0.157 e. The van der Waals surface area contributed by atoms with Crippen molar-refractivity contribution in [2.24, 2.45) is 5.92 Å². The Morgan fingerprint density at radius 1 is 1.10 bits per heavy atom. The van der Waals surface area contributed by atoms with Crippen LogP contribution in [0.25, 0.3) is 16.7 Å². The Bertz CT molecular complexity index is 1030. The molecule has 0 unspecified atom stereocenters. The summed E-state index contributed by atoms with van der Waals surface area (Å²) in [6, 6.07) is 6.65. The SMILES string of the molecule is Cc1nc(CC2CC(O)C2)cc(-n2ncc3cc(C)c(C4CCNCC4)cc32)n1. The average molecular weight is 392 g/mol. The zero-order valence-electron chi connectivity index (χ0n) is 17.2. The summed E-state index contributed by atoms with van der Waals surface area (Å²) in [5.74, 6) is 2.74. The van der Waals surface area contributed by atoms with Crippen LogP contribution in [0.3, 0.4) is 0 Å². The molecule has 2 aliphatic rings. The van der Waals surface area contributed by atoms with Gasteiger partial charge in [0.25, 0.3) is 0 Å². The van der Waals surface area contributed by atoms with Gasteiger partial charge >= 0.3 is 0 Å². The fraction of sp³-hybridized carbons (Fsp3) is 0.522. The van der Waals surface area contributed by atoms with Gasteiger partial charge in [0.2, 0.25) is 0 Å². The third-order valence-corrected chi connectivity index (χ3v) is 6.54. The van der Waals surface area contributed by atoms with Crippen molar-refractivity contribution in [2.75, 3.05) is 13.1 Å². The lowest BCUT2D eigenvalue weighted by molar-refractivity contribution is 0.0428. The van der Waals surface area contributed by atoms with Crippen LogP contribution in [0.5, 0.6) is 0 Å². The van der Waals surface area contributed by atoms with E-state index in [0.29, 0.717) is 11.8 Å². The molecule has 6 nitrogen and oxygen atoms in total. The summed E-state index contributed by atoms with van der Waals surface area (Å²) in [6.45, 7) is 6.34. The Hall–Kier alpha value is -2.31. The first kappa shape index (κ1) is 18.7. The van der Waals surface area contributed by atoms with Gasteiger partial charge in [0.1, 0.15) is 5.82 Å². The molecule has 1 aromatic carbocycles. The van der Waals surface area contributed by atoms with Crippen LogP contribution in [0.4, 0.5) is 0 Å². The van der Waals surface area contributed by atoms with Crippen molar-refractivity contribution < 1.29 is 5.11 Å². The first-order valence-electron chi connectivity index (χ1n) is 10.8. The Kier molecular flexibility index (Phi) is 4.84. The number of aryl methyl sites for hydroxylation is 2. The van der Waals surface area contributed by atoms with E-state index in [2.05, 4.69) is 45.5 Å². The molecule has 0 radical (unpaired) electrons. The van der Waals surface area contributed by atoms with Crippen LogP contribution in [0.15, 0.2) is 24.4 Å². The summed E-state index contributed by atoms with van der Waals surface area (Å²) in [5, 5.41) is 18.9. The maximum Gasteiger partial charge on any atom is 0.157 e. The molecule has 1 saturated carbocycles. The summed E-state index contributed by atoms with van der Waals surface area (Å²) in [6.07, 6.45) is 6.83. The van der Waals surface area contributed by atoms with E-state index < -0.39 is 0 Å². The predicted octanol–water partition coefficient (Wildman–Crippen LogP) is 3.21. The van der Waals surface area contributed by atoms with Gasteiger partial charge in [0.05, 0.1) is 17.8 Å². The minimum Gasteiger partial charge on any atom is -0.393 e. The molecule has 1 aliphatic heterocycles. The van der Waals surface area contributed by atoms with E-state index in [0.717, 1.165) is 60.6 Å². The highest BCUT2D eigenvalue weighted by atomic mass is 16.3. The van der Waals surface area contributed by atoms with Gasteiger partial charge in [-0.2, -0.15) is 5.10 Å². The van der Waals surface area contributed by atoms with Crippen molar-refractivity contribution in [3.05, 3.63) is 47.0 Å². The minimum absolute atomic E-state index is 0.130. The Morgan fingerprint density at radius 2 is 1.90 bits per heavy atom. The lowest BCUT2D eigenvalue weighted by Crippen LogP contribution is -2.30. The first-order valence-corrected chi connectivity index (χ1v) is 10.8. The fourth-order valence-corrected chi connectivity index (χ4v) is 4.95. The lowest BCUT2D eigenvalue weighted by Gasteiger charge is -2.31. The Morgan fingerprint density at radius 3 is 2.66 bits per heavy atom. The van der Waals surface area contributed by atoms with Gasteiger partial charge in [-0.3, -0.25) is 0 Å². The third kappa shape index (κ3) is 3.67. The molecule has 5 rings (SSSR count). The zero-order chi connectivity index (χ0) is 20.0.